The zero-order valence-electron chi connectivity index (χ0n) is 28.4. The lowest BCUT2D eigenvalue weighted by Crippen LogP contribution is -2.11. The molecule has 1 nitrogen and oxygen atoms in total. The molecule has 0 aliphatic rings. The molecule has 9 aromatic carbocycles. The first kappa shape index (κ1) is 30.4. The molecule has 0 atom stereocenters. The maximum Gasteiger partial charge on any atom is 0.0540 e. The zero-order chi connectivity index (χ0) is 34.4. The molecule has 10 aromatic rings. The van der Waals surface area contributed by atoms with Gasteiger partial charge < -0.3 is 4.90 Å². The summed E-state index contributed by atoms with van der Waals surface area (Å²) in [6.07, 6.45) is 0. The van der Waals surface area contributed by atoms with E-state index in [9.17, 15) is 0 Å². The Morgan fingerprint density at radius 3 is 1.67 bits per heavy atom. The maximum atomic E-state index is 2.40. The summed E-state index contributed by atoms with van der Waals surface area (Å²) in [6.45, 7) is 0. The molecule has 0 bridgehead atoms. The van der Waals surface area contributed by atoms with Crippen LogP contribution in [0.25, 0.3) is 75.1 Å². The summed E-state index contributed by atoms with van der Waals surface area (Å²) in [7, 11) is 0. The second-order valence-corrected chi connectivity index (χ2v) is 14.4. The van der Waals surface area contributed by atoms with Gasteiger partial charge in [0.1, 0.15) is 0 Å². The van der Waals surface area contributed by atoms with Gasteiger partial charge >= 0.3 is 0 Å². The minimum absolute atomic E-state index is 1.11. The topological polar surface area (TPSA) is 3.24 Å². The molecule has 244 valence electrons. The second-order valence-electron chi connectivity index (χ2n) is 13.3. The quantitative estimate of drug-likeness (QED) is 0.169. The molecule has 0 radical (unpaired) electrons. The van der Waals surface area contributed by atoms with E-state index in [0.717, 1.165) is 17.1 Å². The molecule has 10 rings (SSSR count). The molecule has 0 unspecified atom stereocenters. The van der Waals surface area contributed by atoms with Crippen molar-refractivity contribution in [1.82, 2.24) is 0 Å². The Kier molecular flexibility index (Phi) is 7.41. The highest BCUT2D eigenvalue weighted by Gasteiger charge is 2.19. The van der Waals surface area contributed by atoms with Crippen molar-refractivity contribution in [1.29, 1.82) is 0 Å². The maximum absolute atomic E-state index is 2.40. The van der Waals surface area contributed by atoms with Crippen LogP contribution in [0.1, 0.15) is 0 Å². The van der Waals surface area contributed by atoms with Crippen LogP contribution in [0.4, 0.5) is 17.1 Å². The number of para-hydroxylation sites is 1. The molecular formula is C50H33NS. The average Bonchev–Trinajstić information content (AvgIpc) is 3.60. The minimum atomic E-state index is 1.11. The van der Waals surface area contributed by atoms with Gasteiger partial charge in [-0.3, -0.25) is 0 Å². The number of benzene rings is 9. The third-order valence-corrected chi connectivity index (χ3v) is 11.4. The van der Waals surface area contributed by atoms with Crippen molar-refractivity contribution in [3.63, 3.8) is 0 Å². The predicted octanol–water partition coefficient (Wildman–Crippen LogP) is 14.8. The van der Waals surface area contributed by atoms with Crippen molar-refractivity contribution in [3.05, 3.63) is 200 Å². The average molecular weight is 680 g/mol. The Labute approximate surface area is 307 Å². The van der Waals surface area contributed by atoms with Crippen LogP contribution in [0.5, 0.6) is 0 Å². The predicted molar refractivity (Wildman–Crippen MR) is 225 cm³/mol. The number of fused-ring (bicyclic) bond motifs is 5. The molecule has 0 saturated heterocycles. The van der Waals surface area contributed by atoms with Crippen molar-refractivity contribution < 1.29 is 0 Å². The fourth-order valence-corrected chi connectivity index (χ4v) is 8.90. The monoisotopic (exact) mass is 679 g/mol. The van der Waals surface area contributed by atoms with E-state index < -0.39 is 0 Å². The van der Waals surface area contributed by atoms with Gasteiger partial charge in [0, 0.05) is 37.1 Å². The lowest BCUT2D eigenvalue weighted by molar-refractivity contribution is 1.28. The Morgan fingerprint density at radius 1 is 0.327 bits per heavy atom. The van der Waals surface area contributed by atoms with E-state index in [4.69, 9.17) is 0 Å². The number of hydrogen-bond acceptors (Lipinski definition) is 2. The number of anilines is 3. The minimum Gasteiger partial charge on any atom is -0.310 e. The molecule has 0 aliphatic heterocycles. The summed E-state index contributed by atoms with van der Waals surface area (Å²) >= 11 is 1.86. The first-order valence-corrected chi connectivity index (χ1v) is 18.6. The molecule has 0 amide bonds. The first-order chi connectivity index (χ1) is 25.8. The third-order valence-electron chi connectivity index (χ3n) is 10.3. The molecule has 2 heteroatoms. The Morgan fingerprint density at radius 2 is 0.865 bits per heavy atom. The second kappa shape index (κ2) is 12.7. The highest BCUT2D eigenvalue weighted by molar-refractivity contribution is 7.25. The van der Waals surface area contributed by atoms with Crippen molar-refractivity contribution in [2.24, 2.45) is 0 Å². The van der Waals surface area contributed by atoms with Gasteiger partial charge in [-0.2, -0.15) is 0 Å². The molecule has 0 aliphatic carbocycles. The first-order valence-electron chi connectivity index (χ1n) is 17.8. The van der Waals surface area contributed by atoms with E-state index in [1.165, 1.54) is 75.1 Å². The van der Waals surface area contributed by atoms with Crippen LogP contribution in [-0.2, 0) is 0 Å². The fourth-order valence-electron chi connectivity index (χ4n) is 7.77. The van der Waals surface area contributed by atoms with Crippen LogP contribution in [0.3, 0.4) is 0 Å². The Hall–Kier alpha value is -6.48. The number of nitrogens with zero attached hydrogens (tertiary/aromatic N) is 1. The van der Waals surface area contributed by atoms with Crippen LogP contribution in [-0.4, -0.2) is 0 Å². The van der Waals surface area contributed by atoms with Gasteiger partial charge in [-0.1, -0.05) is 152 Å². The Bertz CT molecular complexity index is 2890. The van der Waals surface area contributed by atoms with Gasteiger partial charge in [-0.25, -0.2) is 0 Å². The zero-order valence-corrected chi connectivity index (χ0v) is 29.2. The number of hydrogen-bond donors (Lipinski definition) is 0. The van der Waals surface area contributed by atoms with Crippen LogP contribution >= 0.6 is 11.3 Å². The third kappa shape index (κ3) is 5.24. The van der Waals surface area contributed by atoms with Crippen molar-refractivity contribution in [3.8, 4) is 33.4 Å². The van der Waals surface area contributed by atoms with Crippen LogP contribution in [0.15, 0.2) is 200 Å². The number of rotatable bonds is 6. The molecule has 0 saturated carbocycles. The summed E-state index contributed by atoms with van der Waals surface area (Å²) in [4.78, 5) is 2.40. The largest absolute Gasteiger partial charge is 0.310 e. The highest BCUT2D eigenvalue weighted by Crippen LogP contribution is 2.44. The van der Waals surface area contributed by atoms with Crippen LogP contribution in [0, 0.1) is 0 Å². The molecule has 0 spiro atoms. The van der Waals surface area contributed by atoms with Gasteiger partial charge in [-0.05, 0) is 97.9 Å². The van der Waals surface area contributed by atoms with Gasteiger partial charge in [0.25, 0.3) is 0 Å². The van der Waals surface area contributed by atoms with Gasteiger partial charge in [0.05, 0.1) is 5.69 Å². The molecule has 1 heterocycles. The lowest BCUT2D eigenvalue weighted by atomic mass is 9.96. The van der Waals surface area contributed by atoms with Crippen LogP contribution in [0.2, 0.25) is 0 Å². The van der Waals surface area contributed by atoms with Crippen molar-refractivity contribution in [2.75, 3.05) is 4.90 Å². The summed E-state index contributed by atoms with van der Waals surface area (Å²) < 4.78 is 2.64. The smallest absolute Gasteiger partial charge is 0.0540 e. The van der Waals surface area contributed by atoms with Crippen molar-refractivity contribution in [2.45, 2.75) is 0 Å². The molecule has 52 heavy (non-hydrogen) atoms. The highest BCUT2D eigenvalue weighted by atomic mass is 32.1. The molecule has 0 N–H and O–H groups in total. The summed E-state index contributed by atoms with van der Waals surface area (Å²) in [5.74, 6) is 0. The van der Waals surface area contributed by atoms with E-state index in [0.29, 0.717) is 0 Å². The standard InChI is InChI=1S/C50H33NS/c1-2-13-38-33-39(24-23-34(38)11-1)44-16-5-7-20-47(44)51(40-29-25-36(26-30-40)43-18-9-14-35-12-3-4-15-42(35)43)41-31-27-37(28-32-41)45-19-10-22-49-50(45)46-17-6-8-21-48(46)52-49/h1-33H. The van der Waals surface area contributed by atoms with Crippen LogP contribution < -0.4 is 4.90 Å². The van der Waals surface area contributed by atoms with E-state index in [2.05, 4.69) is 205 Å². The molecular weight excluding hydrogens is 647 g/mol. The number of thiophene rings is 1. The van der Waals surface area contributed by atoms with E-state index in [-0.39, 0.29) is 0 Å². The summed E-state index contributed by atoms with van der Waals surface area (Å²) in [6, 6.07) is 73.0. The van der Waals surface area contributed by atoms with Gasteiger partial charge in [0.15, 0.2) is 0 Å². The van der Waals surface area contributed by atoms with Gasteiger partial charge in [0.2, 0.25) is 0 Å². The molecule has 1 aromatic heterocycles. The van der Waals surface area contributed by atoms with E-state index in [1.807, 2.05) is 11.3 Å². The SMILES string of the molecule is c1ccc(N(c2ccc(-c3cccc4ccccc34)cc2)c2ccc(-c3cccc4sc5ccccc5c34)cc2)c(-c2ccc3ccccc3c2)c1. The lowest BCUT2D eigenvalue weighted by Gasteiger charge is -2.28. The van der Waals surface area contributed by atoms with Crippen molar-refractivity contribution >= 4 is 70.1 Å². The van der Waals surface area contributed by atoms with E-state index >= 15 is 0 Å². The normalized spacial score (nSPS) is 11.5. The Balaban J connectivity index is 1.12. The fraction of sp³-hybridized carbons (Fsp3) is 0. The van der Waals surface area contributed by atoms with Gasteiger partial charge in [-0.15, -0.1) is 11.3 Å². The summed E-state index contributed by atoms with van der Waals surface area (Å²) in [5.41, 5.74) is 10.7. The van der Waals surface area contributed by atoms with E-state index in [1.54, 1.807) is 0 Å². The molecule has 0 fully saturated rings. The summed E-state index contributed by atoms with van der Waals surface area (Å²) in [5, 5.41) is 7.65.